The average molecular weight is 332 g/mol. The third kappa shape index (κ3) is 4.25. The molecule has 2 rings (SSSR count). The van der Waals surface area contributed by atoms with E-state index in [0.29, 0.717) is 5.56 Å². The zero-order chi connectivity index (χ0) is 15.6. The summed E-state index contributed by atoms with van der Waals surface area (Å²) in [5.41, 5.74) is -0.189. The van der Waals surface area contributed by atoms with Crippen molar-refractivity contribution >= 4 is 34.1 Å². The molecular weight excluding hydrogens is 318 g/mol. The van der Waals surface area contributed by atoms with Gasteiger partial charge in [0.05, 0.1) is 17.1 Å². The fourth-order valence-corrected chi connectivity index (χ4v) is 4.20. The van der Waals surface area contributed by atoms with Crippen molar-refractivity contribution < 1.29 is 19.0 Å². The molecule has 0 spiro atoms. The third-order valence-electron chi connectivity index (χ3n) is 3.51. The van der Waals surface area contributed by atoms with E-state index in [-0.39, 0.29) is 28.6 Å². The van der Waals surface area contributed by atoms with Gasteiger partial charge in [0.2, 0.25) is 0 Å². The monoisotopic (exact) mass is 331 g/mol. The van der Waals surface area contributed by atoms with Gasteiger partial charge in [-0.15, -0.1) is 0 Å². The number of carboxylic acids is 1. The van der Waals surface area contributed by atoms with Gasteiger partial charge in [-0.05, 0) is 30.4 Å². The molecule has 0 aromatic heterocycles. The van der Waals surface area contributed by atoms with Crippen molar-refractivity contribution in [3.05, 3.63) is 38.9 Å². The molecule has 0 amide bonds. The minimum Gasteiger partial charge on any atom is -0.481 e. The number of carboxylic acid groups (broad SMARTS) is 1. The summed E-state index contributed by atoms with van der Waals surface area (Å²) < 4.78 is 12.2. The molecule has 0 bridgehead atoms. The van der Waals surface area contributed by atoms with Crippen LogP contribution >= 0.6 is 11.6 Å². The van der Waals surface area contributed by atoms with E-state index in [4.69, 9.17) is 16.7 Å². The lowest BCUT2D eigenvalue weighted by atomic mass is 10.1. The van der Waals surface area contributed by atoms with Gasteiger partial charge in [0.1, 0.15) is 0 Å². The Bertz CT molecular complexity index is 615. The fourth-order valence-electron chi connectivity index (χ4n) is 2.26. The van der Waals surface area contributed by atoms with Gasteiger partial charge in [0, 0.05) is 33.2 Å². The molecule has 1 aromatic carbocycles. The number of nitro groups is 1. The number of hydrogen-bond donors (Lipinski definition) is 1. The minimum absolute atomic E-state index is 0.00144. The largest absolute Gasteiger partial charge is 0.481 e. The van der Waals surface area contributed by atoms with E-state index < -0.39 is 27.1 Å². The lowest BCUT2D eigenvalue weighted by Gasteiger charge is -2.12. The van der Waals surface area contributed by atoms with Crippen LogP contribution in [0.25, 0.3) is 0 Å². The summed E-state index contributed by atoms with van der Waals surface area (Å²) in [6.07, 6.45) is 1.49. The summed E-state index contributed by atoms with van der Waals surface area (Å²) in [5.74, 6) is -0.601. The van der Waals surface area contributed by atoms with Crippen LogP contribution in [0.4, 0.5) is 5.69 Å². The summed E-state index contributed by atoms with van der Waals surface area (Å²) >= 11 is 5.73. The van der Waals surface area contributed by atoms with E-state index in [2.05, 4.69) is 0 Å². The second kappa shape index (κ2) is 6.11. The lowest BCUT2D eigenvalue weighted by Crippen LogP contribution is -2.17. The molecule has 1 aliphatic carbocycles. The molecule has 8 heteroatoms. The predicted octanol–water partition coefficient (Wildman–Crippen LogP) is 2.75. The molecule has 1 atom stereocenters. The van der Waals surface area contributed by atoms with Gasteiger partial charge in [0.25, 0.3) is 5.69 Å². The highest BCUT2D eigenvalue weighted by molar-refractivity contribution is 7.84. The van der Waals surface area contributed by atoms with Crippen molar-refractivity contribution in [2.24, 2.45) is 5.41 Å². The van der Waals surface area contributed by atoms with Crippen LogP contribution in [0.3, 0.4) is 0 Å². The quantitative estimate of drug-likeness (QED) is 0.612. The van der Waals surface area contributed by atoms with E-state index in [1.54, 1.807) is 0 Å². The highest BCUT2D eigenvalue weighted by atomic mass is 35.5. The minimum atomic E-state index is -1.34. The van der Waals surface area contributed by atoms with Gasteiger partial charge >= 0.3 is 5.97 Å². The van der Waals surface area contributed by atoms with E-state index >= 15 is 0 Å². The Kier molecular flexibility index (Phi) is 4.63. The molecule has 1 saturated carbocycles. The Morgan fingerprint density at radius 2 is 2.14 bits per heavy atom. The molecule has 1 aromatic rings. The van der Waals surface area contributed by atoms with Crippen molar-refractivity contribution in [2.45, 2.75) is 25.0 Å². The van der Waals surface area contributed by atoms with Crippen molar-refractivity contribution in [1.29, 1.82) is 0 Å². The lowest BCUT2D eigenvalue weighted by molar-refractivity contribution is -0.385. The van der Waals surface area contributed by atoms with Crippen LogP contribution in [0.5, 0.6) is 0 Å². The molecule has 1 fully saturated rings. The number of rotatable bonds is 7. The number of halogens is 1. The average Bonchev–Trinajstić information content (AvgIpc) is 3.09. The Morgan fingerprint density at radius 3 is 2.67 bits per heavy atom. The number of nitrogens with zero attached hydrogens (tertiary/aromatic N) is 1. The van der Waals surface area contributed by atoms with E-state index in [0.717, 1.165) is 12.8 Å². The smallest absolute Gasteiger partial charge is 0.303 e. The molecule has 1 N–H and O–H groups in total. The first-order valence-corrected chi connectivity index (χ1v) is 8.17. The molecule has 1 aliphatic rings. The molecule has 0 aliphatic heterocycles. The number of carbonyl (C=O) groups is 1. The molecule has 1 unspecified atom stereocenters. The van der Waals surface area contributed by atoms with Gasteiger partial charge in [-0.25, -0.2) is 0 Å². The van der Waals surface area contributed by atoms with Crippen LogP contribution in [-0.2, 0) is 21.3 Å². The maximum absolute atomic E-state index is 12.2. The Labute approximate surface area is 128 Å². The van der Waals surface area contributed by atoms with Gasteiger partial charge < -0.3 is 5.11 Å². The fraction of sp³-hybridized carbons (Fsp3) is 0.462. The predicted molar refractivity (Wildman–Crippen MR) is 78.7 cm³/mol. The molecule has 0 saturated heterocycles. The zero-order valence-corrected chi connectivity index (χ0v) is 12.7. The van der Waals surface area contributed by atoms with Gasteiger partial charge in [-0.2, -0.15) is 0 Å². The molecule has 0 radical (unpaired) electrons. The standard InChI is InChI=1S/C13H14ClNO5S/c14-10-2-1-9(11(5-10)15(18)19)7-21(20)8-13(3-4-13)6-12(16)17/h1-2,5H,3-4,6-8H2,(H,16,17). The van der Waals surface area contributed by atoms with Crippen LogP contribution in [0, 0.1) is 15.5 Å². The first-order valence-electron chi connectivity index (χ1n) is 6.31. The molecular formula is C13H14ClNO5S. The zero-order valence-electron chi connectivity index (χ0n) is 11.1. The Balaban J connectivity index is 2.07. The SMILES string of the molecule is O=C(O)CC1(CS(=O)Cc2ccc(Cl)cc2[N+](=O)[O-])CC1. The summed E-state index contributed by atoms with van der Waals surface area (Å²) in [6, 6.07) is 4.25. The number of nitro benzene ring substituents is 1. The topological polar surface area (TPSA) is 97.5 Å². The van der Waals surface area contributed by atoms with E-state index in [1.807, 2.05) is 0 Å². The highest BCUT2D eigenvalue weighted by Crippen LogP contribution is 2.49. The maximum Gasteiger partial charge on any atom is 0.303 e. The summed E-state index contributed by atoms with van der Waals surface area (Å²) in [5, 5.41) is 20.1. The van der Waals surface area contributed by atoms with Crippen LogP contribution in [0.15, 0.2) is 18.2 Å². The second-order valence-corrected chi connectivity index (χ2v) is 7.22. The van der Waals surface area contributed by atoms with E-state index in [1.165, 1.54) is 18.2 Å². The highest BCUT2D eigenvalue weighted by Gasteiger charge is 2.45. The Hall–Kier alpha value is -1.47. The van der Waals surface area contributed by atoms with Crippen LogP contribution in [0.2, 0.25) is 5.02 Å². The summed E-state index contributed by atoms with van der Waals surface area (Å²) in [4.78, 5) is 21.2. The van der Waals surface area contributed by atoms with Gasteiger partial charge in [-0.3, -0.25) is 19.1 Å². The summed E-state index contributed by atoms with van der Waals surface area (Å²) in [6.45, 7) is 0. The molecule has 6 nitrogen and oxygen atoms in total. The second-order valence-electron chi connectivity index (χ2n) is 5.33. The number of aliphatic carboxylic acids is 1. The number of hydrogen-bond acceptors (Lipinski definition) is 4. The van der Waals surface area contributed by atoms with Gasteiger partial charge in [0.15, 0.2) is 0 Å². The van der Waals surface area contributed by atoms with Crippen molar-refractivity contribution in [3.8, 4) is 0 Å². The van der Waals surface area contributed by atoms with Crippen LogP contribution < -0.4 is 0 Å². The van der Waals surface area contributed by atoms with Crippen molar-refractivity contribution in [1.82, 2.24) is 0 Å². The number of benzene rings is 1. The van der Waals surface area contributed by atoms with Crippen molar-refractivity contribution in [2.75, 3.05) is 5.75 Å². The third-order valence-corrected chi connectivity index (χ3v) is 5.31. The maximum atomic E-state index is 12.2. The Morgan fingerprint density at radius 1 is 1.48 bits per heavy atom. The molecule has 114 valence electrons. The first-order chi connectivity index (χ1) is 9.81. The van der Waals surface area contributed by atoms with Crippen LogP contribution in [0.1, 0.15) is 24.8 Å². The summed E-state index contributed by atoms with van der Waals surface area (Å²) in [7, 11) is -1.34. The first kappa shape index (κ1) is 15.9. The van der Waals surface area contributed by atoms with E-state index in [9.17, 15) is 19.1 Å². The van der Waals surface area contributed by atoms with Crippen LogP contribution in [-0.4, -0.2) is 26.0 Å². The van der Waals surface area contributed by atoms with Crippen molar-refractivity contribution in [3.63, 3.8) is 0 Å². The molecule has 21 heavy (non-hydrogen) atoms. The molecule has 0 heterocycles. The normalized spacial score (nSPS) is 17.2. The van der Waals surface area contributed by atoms with Gasteiger partial charge in [-0.1, -0.05) is 11.6 Å².